The van der Waals surface area contributed by atoms with Crippen LogP contribution in [0, 0.1) is 27.7 Å². The first-order chi connectivity index (χ1) is 9.97. The lowest BCUT2D eigenvalue weighted by atomic mass is 9.82. The SMILES string of the molecule is CCC(c1ccccc1)C(O)c1c(C)c(C)cc(C)c1C. The number of aliphatic hydroxyl groups excluding tert-OH is 1. The minimum atomic E-state index is -0.448. The minimum absolute atomic E-state index is 0.143. The van der Waals surface area contributed by atoms with Gasteiger partial charge in [0, 0.05) is 5.92 Å². The van der Waals surface area contributed by atoms with Gasteiger partial charge in [0.1, 0.15) is 0 Å². The molecule has 0 aliphatic rings. The van der Waals surface area contributed by atoms with Gasteiger partial charge in [-0.05, 0) is 67.5 Å². The third-order valence-electron chi connectivity index (χ3n) is 4.77. The second-order valence-electron chi connectivity index (χ2n) is 6.04. The maximum absolute atomic E-state index is 11.0. The van der Waals surface area contributed by atoms with Gasteiger partial charge in [-0.25, -0.2) is 0 Å². The number of aliphatic hydroxyl groups is 1. The molecule has 2 unspecified atom stereocenters. The fourth-order valence-corrected chi connectivity index (χ4v) is 3.23. The van der Waals surface area contributed by atoms with Gasteiger partial charge in [-0.1, -0.05) is 43.3 Å². The summed E-state index contributed by atoms with van der Waals surface area (Å²) in [5.41, 5.74) is 7.29. The first kappa shape index (κ1) is 15.8. The van der Waals surface area contributed by atoms with Crippen molar-refractivity contribution in [1.29, 1.82) is 0 Å². The second kappa shape index (κ2) is 6.44. The summed E-state index contributed by atoms with van der Waals surface area (Å²) in [5, 5.41) is 11.0. The van der Waals surface area contributed by atoms with E-state index in [4.69, 9.17) is 0 Å². The van der Waals surface area contributed by atoms with Crippen LogP contribution in [-0.2, 0) is 0 Å². The normalized spacial score (nSPS) is 14.0. The highest BCUT2D eigenvalue weighted by Crippen LogP contribution is 2.38. The lowest BCUT2D eigenvalue weighted by Gasteiger charge is -2.27. The quantitative estimate of drug-likeness (QED) is 0.822. The lowest BCUT2D eigenvalue weighted by molar-refractivity contribution is 0.141. The zero-order valence-corrected chi connectivity index (χ0v) is 13.8. The van der Waals surface area contributed by atoms with Crippen LogP contribution >= 0.6 is 0 Å². The van der Waals surface area contributed by atoms with Crippen molar-refractivity contribution in [1.82, 2.24) is 0 Å². The molecule has 0 heterocycles. The molecule has 0 spiro atoms. The van der Waals surface area contributed by atoms with Crippen molar-refractivity contribution in [3.05, 3.63) is 69.8 Å². The summed E-state index contributed by atoms with van der Waals surface area (Å²) in [6.45, 7) is 10.6. The zero-order chi connectivity index (χ0) is 15.6. The number of benzene rings is 2. The molecular weight excluding hydrogens is 256 g/mol. The van der Waals surface area contributed by atoms with E-state index in [9.17, 15) is 5.11 Å². The monoisotopic (exact) mass is 282 g/mol. The molecule has 0 aromatic heterocycles. The molecule has 112 valence electrons. The van der Waals surface area contributed by atoms with Crippen molar-refractivity contribution >= 4 is 0 Å². The van der Waals surface area contributed by atoms with Crippen molar-refractivity contribution in [2.75, 3.05) is 0 Å². The van der Waals surface area contributed by atoms with Crippen molar-refractivity contribution in [2.24, 2.45) is 0 Å². The maximum atomic E-state index is 11.0. The molecule has 0 saturated heterocycles. The molecular formula is C20H26O. The topological polar surface area (TPSA) is 20.2 Å². The Kier molecular flexibility index (Phi) is 4.84. The molecule has 0 bridgehead atoms. The van der Waals surface area contributed by atoms with Crippen LogP contribution < -0.4 is 0 Å². The van der Waals surface area contributed by atoms with Crippen molar-refractivity contribution < 1.29 is 5.11 Å². The van der Waals surface area contributed by atoms with E-state index in [0.29, 0.717) is 0 Å². The van der Waals surface area contributed by atoms with Crippen molar-refractivity contribution in [2.45, 2.75) is 53.1 Å². The Bertz CT molecular complexity index is 587. The van der Waals surface area contributed by atoms with E-state index < -0.39 is 6.10 Å². The molecule has 0 amide bonds. The molecule has 2 atom stereocenters. The molecule has 0 aliphatic carbocycles. The number of hydrogen-bond donors (Lipinski definition) is 1. The molecule has 21 heavy (non-hydrogen) atoms. The van der Waals surface area contributed by atoms with Gasteiger partial charge in [0.2, 0.25) is 0 Å². The largest absolute Gasteiger partial charge is 0.388 e. The highest BCUT2D eigenvalue weighted by atomic mass is 16.3. The molecule has 2 rings (SSSR count). The molecule has 1 heteroatoms. The van der Waals surface area contributed by atoms with Crippen molar-refractivity contribution in [3.8, 4) is 0 Å². The van der Waals surface area contributed by atoms with Crippen LogP contribution in [0.25, 0.3) is 0 Å². The fourth-order valence-electron chi connectivity index (χ4n) is 3.23. The van der Waals surface area contributed by atoms with E-state index in [-0.39, 0.29) is 5.92 Å². The summed E-state index contributed by atoms with van der Waals surface area (Å²) in [6.07, 6.45) is 0.479. The summed E-state index contributed by atoms with van der Waals surface area (Å²) in [6, 6.07) is 12.6. The molecule has 2 aromatic carbocycles. The van der Waals surface area contributed by atoms with Gasteiger partial charge in [-0.2, -0.15) is 0 Å². The van der Waals surface area contributed by atoms with E-state index >= 15 is 0 Å². The average molecular weight is 282 g/mol. The number of aryl methyl sites for hydroxylation is 2. The maximum Gasteiger partial charge on any atom is 0.0863 e. The fraction of sp³-hybridized carbons (Fsp3) is 0.400. The van der Waals surface area contributed by atoms with Gasteiger partial charge >= 0.3 is 0 Å². The van der Waals surface area contributed by atoms with Crippen LogP contribution in [-0.4, -0.2) is 5.11 Å². The predicted octanol–water partition coefficient (Wildman–Crippen LogP) is 5.15. The highest BCUT2D eigenvalue weighted by Gasteiger charge is 2.25. The Balaban J connectivity index is 2.51. The molecule has 2 aromatic rings. The van der Waals surface area contributed by atoms with E-state index in [1.165, 1.54) is 27.8 Å². The Morgan fingerprint density at radius 3 is 1.90 bits per heavy atom. The summed E-state index contributed by atoms with van der Waals surface area (Å²) in [4.78, 5) is 0. The smallest absolute Gasteiger partial charge is 0.0863 e. The van der Waals surface area contributed by atoms with Gasteiger partial charge in [0.05, 0.1) is 6.10 Å². The van der Waals surface area contributed by atoms with Crippen LogP contribution in [0.1, 0.15) is 58.7 Å². The van der Waals surface area contributed by atoms with Gasteiger partial charge in [0.15, 0.2) is 0 Å². The van der Waals surface area contributed by atoms with Crippen LogP contribution in [0.15, 0.2) is 36.4 Å². The Labute approximate surface area is 128 Å². The predicted molar refractivity (Wildman–Crippen MR) is 89.8 cm³/mol. The molecule has 1 N–H and O–H groups in total. The summed E-state index contributed by atoms with van der Waals surface area (Å²) >= 11 is 0. The van der Waals surface area contributed by atoms with Crippen LogP contribution in [0.3, 0.4) is 0 Å². The van der Waals surface area contributed by atoms with Gasteiger partial charge < -0.3 is 5.11 Å². The summed E-state index contributed by atoms with van der Waals surface area (Å²) < 4.78 is 0. The van der Waals surface area contributed by atoms with Crippen LogP contribution in [0.4, 0.5) is 0 Å². The third kappa shape index (κ3) is 3.03. The summed E-state index contributed by atoms with van der Waals surface area (Å²) in [7, 11) is 0. The third-order valence-corrected chi connectivity index (χ3v) is 4.77. The second-order valence-corrected chi connectivity index (χ2v) is 6.04. The van der Waals surface area contributed by atoms with E-state index in [1.54, 1.807) is 0 Å². The highest BCUT2D eigenvalue weighted by molar-refractivity contribution is 5.46. The number of hydrogen-bond acceptors (Lipinski definition) is 1. The van der Waals surface area contributed by atoms with Gasteiger partial charge in [-0.3, -0.25) is 0 Å². The molecule has 0 radical (unpaired) electrons. The zero-order valence-electron chi connectivity index (χ0n) is 13.8. The van der Waals surface area contributed by atoms with E-state index in [0.717, 1.165) is 12.0 Å². The molecule has 0 aliphatic heterocycles. The first-order valence-corrected chi connectivity index (χ1v) is 7.77. The Hall–Kier alpha value is -1.60. The van der Waals surface area contributed by atoms with Crippen LogP contribution in [0.5, 0.6) is 0 Å². The van der Waals surface area contributed by atoms with Gasteiger partial charge in [0.25, 0.3) is 0 Å². The average Bonchev–Trinajstić information content (AvgIpc) is 2.47. The molecule has 1 nitrogen and oxygen atoms in total. The van der Waals surface area contributed by atoms with E-state index in [1.807, 2.05) is 18.2 Å². The van der Waals surface area contributed by atoms with E-state index in [2.05, 4.69) is 52.8 Å². The first-order valence-electron chi connectivity index (χ1n) is 7.77. The minimum Gasteiger partial charge on any atom is -0.388 e. The van der Waals surface area contributed by atoms with Crippen LogP contribution in [0.2, 0.25) is 0 Å². The Morgan fingerprint density at radius 1 is 0.905 bits per heavy atom. The Morgan fingerprint density at radius 2 is 1.43 bits per heavy atom. The van der Waals surface area contributed by atoms with Gasteiger partial charge in [-0.15, -0.1) is 0 Å². The molecule has 0 saturated carbocycles. The lowest BCUT2D eigenvalue weighted by Crippen LogP contribution is -2.14. The number of rotatable bonds is 4. The summed E-state index contributed by atoms with van der Waals surface area (Å²) in [5.74, 6) is 0.143. The van der Waals surface area contributed by atoms with Crippen molar-refractivity contribution in [3.63, 3.8) is 0 Å². The standard InChI is InChI=1S/C20H26O/c1-6-18(17-10-8-7-9-11-17)20(21)19-15(4)13(2)12-14(3)16(19)5/h7-12,18,20-21H,6H2,1-5H3. The molecule has 0 fully saturated rings.